The van der Waals surface area contributed by atoms with Gasteiger partial charge in [-0.25, -0.2) is 0 Å². The molecule has 0 N–H and O–H groups in total. The first-order valence-corrected chi connectivity index (χ1v) is 6.27. The van der Waals surface area contributed by atoms with E-state index in [0.29, 0.717) is 6.54 Å². The summed E-state index contributed by atoms with van der Waals surface area (Å²) < 4.78 is 3.35. The average Bonchev–Trinajstić information content (AvgIpc) is 2.58. The van der Waals surface area contributed by atoms with Gasteiger partial charge in [0.25, 0.3) is 5.69 Å². The maximum Gasteiger partial charge on any atom is 0.269 e. The summed E-state index contributed by atoms with van der Waals surface area (Å²) >= 11 is 6.65. The van der Waals surface area contributed by atoms with Crippen molar-refractivity contribution in [2.45, 2.75) is 6.54 Å². The minimum atomic E-state index is -0.413. The largest absolute Gasteiger partial charge is 0.269 e. The molecule has 0 bridgehead atoms. The van der Waals surface area contributed by atoms with Crippen LogP contribution in [0.1, 0.15) is 5.56 Å². The summed E-state index contributed by atoms with van der Waals surface area (Å²) in [6.07, 6.45) is 0. The van der Waals surface area contributed by atoms with Gasteiger partial charge in [0.2, 0.25) is 0 Å². The van der Waals surface area contributed by atoms with Crippen LogP contribution in [0.15, 0.2) is 39.5 Å². The van der Waals surface area contributed by atoms with Gasteiger partial charge in [0.15, 0.2) is 0 Å². The van der Waals surface area contributed by atoms with Crippen molar-refractivity contribution in [2.75, 3.05) is 0 Å². The molecule has 0 saturated carbocycles. The highest BCUT2D eigenvalue weighted by atomic mass is 79.9. The Morgan fingerprint density at radius 1 is 1.29 bits per heavy atom. The lowest BCUT2D eigenvalue weighted by Gasteiger charge is -2.03. The molecule has 0 radical (unpaired) electrons. The second-order valence-corrected chi connectivity index (χ2v) is 5.00. The van der Waals surface area contributed by atoms with Crippen molar-refractivity contribution in [3.8, 4) is 0 Å². The predicted octanol–water partition coefficient (Wildman–Crippen LogP) is 3.36. The Hall–Kier alpha value is -1.21. The molecule has 0 aliphatic carbocycles. The number of nitro groups is 1. The van der Waals surface area contributed by atoms with Crippen LogP contribution in [-0.2, 0) is 6.54 Å². The van der Waals surface area contributed by atoms with Gasteiger partial charge in [-0.15, -0.1) is 0 Å². The van der Waals surface area contributed by atoms with E-state index in [9.17, 15) is 10.1 Å². The average molecular weight is 361 g/mol. The minimum Gasteiger partial charge on any atom is -0.258 e. The number of nitrogens with zero attached hydrogens (tertiary/aromatic N) is 3. The van der Waals surface area contributed by atoms with Gasteiger partial charge in [-0.1, -0.05) is 12.1 Å². The van der Waals surface area contributed by atoms with Gasteiger partial charge in [0.05, 0.1) is 11.5 Å². The van der Waals surface area contributed by atoms with E-state index in [0.717, 1.165) is 14.8 Å². The van der Waals surface area contributed by atoms with Crippen LogP contribution < -0.4 is 0 Å². The Morgan fingerprint density at radius 2 is 1.94 bits per heavy atom. The fraction of sp³-hybridized carbons (Fsp3) is 0.100. The molecule has 0 aliphatic rings. The minimum absolute atomic E-state index is 0.0921. The molecule has 5 nitrogen and oxygen atoms in total. The standard InChI is InChI=1S/C10H7Br2N3O2/c11-9-5-10(12)14(13-9)6-7-1-3-8(4-2-7)15(16)17/h1-5H,6H2. The first-order valence-electron chi connectivity index (χ1n) is 4.68. The first-order chi connectivity index (χ1) is 8.06. The van der Waals surface area contributed by atoms with E-state index in [-0.39, 0.29) is 5.69 Å². The number of non-ortho nitro benzene ring substituents is 1. The van der Waals surface area contributed by atoms with Gasteiger partial charge in [0, 0.05) is 18.2 Å². The molecule has 0 aliphatic heterocycles. The number of halogens is 2. The number of rotatable bonds is 3. The Bertz CT molecular complexity index is 551. The highest BCUT2D eigenvalue weighted by molar-refractivity contribution is 9.11. The smallest absolute Gasteiger partial charge is 0.258 e. The molecule has 0 atom stereocenters. The maximum atomic E-state index is 10.5. The normalized spacial score (nSPS) is 10.5. The van der Waals surface area contributed by atoms with Crippen molar-refractivity contribution < 1.29 is 4.92 Å². The van der Waals surface area contributed by atoms with Crippen LogP contribution in [0.4, 0.5) is 5.69 Å². The third-order valence-corrected chi connectivity index (χ3v) is 3.21. The highest BCUT2D eigenvalue weighted by Gasteiger charge is 2.07. The van der Waals surface area contributed by atoms with Gasteiger partial charge in [-0.05, 0) is 37.4 Å². The van der Waals surface area contributed by atoms with E-state index in [1.165, 1.54) is 12.1 Å². The van der Waals surface area contributed by atoms with Crippen molar-refractivity contribution in [3.05, 3.63) is 55.2 Å². The number of aromatic nitrogens is 2. The molecule has 0 fully saturated rings. The van der Waals surface area contributed by atoms with Gasteiger partial charge >= 0.3 is 0 Å². The topological polar surface area (TPSA) is 61.0 Å². The van der Waals surface area contributed by atoms with Crippen molar-refractivity contribution in [3.63, 3.8) is 0 Å². The Morgan fingerprint density at radius 3 is 2.41 bits per heavy atom. The summed E-state index contributed by atoms with van der Waals surface area (Å²) in [5.41, 5.74) is 1.04. The fourth-order valence-electron chi connectivity index (χ4n) is 1.37. The third kappa shape index (κ3) is 2.92. The van der Waals surface area contributed by atoms with E-state index in [1.54, 1.807) is 16.8 Å². The highest BCUT2D eigenvalue weighted by Crippen LogP contribution is 2.19. The molecular formula is C10H7Br2N3O2. The van der Waals surface area contributed by atoms with E-state index in [4.69, 9.17) is 0 Å². The molecular weight excluding hydrogens is 354 g/mol. The molecule has 1 aromatic carbocycles. The molecule has 0 spiro atoms. The van der Waals surface area contributed by atoms with Gasteiger partial charge in [-0.2, -0.15) is 5.10 Å². The second-order valence-electron chi connectivity index (χ2n) is 3.37. The number of hydrogen-bond acceptors (Lipinski definition) is 3. The van der Waals surface area contributed by atoms with Crippen LogP contribution in [-0.4, -0.2) is 14.7 Å². The Kier molecular flexibility index (Phi) is 3.58. The summed E-state index contributed by atoms with van der Waals surface area (Å²) in [4.78, 5) is 10.1. The van der Waals surface area contributed by atoms with Crippen LogP contribution in [0.3, 0.4) is 0 Å². The van der Waals surface area contributed by atoms with E-state index in [1.807, 2.05) is 6.07 Å². The second kappa shape index (κ2) is 4.97. The van der Waals surface area contributed by atoms with Crippen molar-refractivity contribution in [2.24, 2.45) is 0 Å². The summed E-state index contributed by atoms with van der Waals surface area (Å²) in [7, 11) is 0. The monoisotopic (exact) mass is 359 g/mol. The van der Waals surface area contributed by atoms with Crippen LogP contribution in [0.25, 0.3) is 0 Å². The summed E-state index contributed by atoms with van der Waals surface area (Å²) in [5, 5.41) is 14.7. The number of nitro benzene ring substituents is 1. The summed E-state index contributed by atoms with van der Waals surface area (Å²) in [6.45, 7) is 0.560. The number of hydrogen-bond donors (Lipinski definition) is 0. The maximum absolute atomic E-state index is 10.5. The number of benzene rings is 1. The first kappa shape index (κ1) is 12.3. The van der Waals surface area contributed by atoms with Gasteiger partial charge < -0.3 is 0 Å². The van der Waals surface area contributed by atoms with Crippen LogP contribution in [0, 0.1) is 10.1 Å². The third-order valence-electron chi connectivity index (χ3n) is 2.18. The van der Waals surface area contributed by atoms with Crippen molar-refractivity contribution >= 4 is 37.5 Å². The van der Waals surface area contributed by atoms with Crippen molar-refractivity contribution in [1.29, 1.82) is 0 Å². The molecule has 1 aromatic heterocycles. The summed E-state index contributed by atoms with van der Waals surface area (Å²) in [6, 6.07) is 8.26. The lowest BCUT2D eigenvalue weighted by atomic mass is 10.2. The fourth-order valence-corrected chi connectivity index (χ4v) is 2.51. The quantitative estimate of drug-likeness (QED) is 0.622. The SMILES string of the molecule is O=[N+]([O-])c1ccc(Cn2nc(Br)cc2Br)cc1. The zero-order valence-electron chi connectivity index (χ0n) is 8.51. The molecule has 2 aromatic rings. The molecule has 1 heterocycles. The molecule has 0 unspecified atom stereocenters. The van der Waals surface area contributed by atoms with Crippen molar-refractivity contribution in [1.82, 2.24) is 9.78 Å². The molecule has 0 amide bonds. The summed E-state index contributed by atoms with van der Waals surface area (Å²) in [5.74, 6) is 0. The van der Waals surface area contributed by atoms with E-state index < -0.39 is 4.92 Å². The zero-order valence-corrected chi connectivity index (χ0v) is 11.7. The Labute approximate surface area is 114 Å². The van der Waals surface area contributed by atoms with Crippen LogP contribution in [0.2, 0.25) is 0 Å². The molecule has 7 heteroatoms. The molecule has 2 rings (SSSR count). The molecule has 88 valence electrons. The van der Waals surface area contributed by atoms with Gasteiger partial charge in [0.1, 0.15) is 9.21 Å². The van der Waals surface area contributed by atoms with E-state index in [2.05, 4.69) is 37.0 Å². The zero-order chi connectivity index (χ0) is 12.4. The predicted molar refractivity (Wildman–Crippen MR) is 69.8 cm³/mol. The lowest BCUT2D eigenvalue weighted by molar-refractivity contribution is -0.384. The van der Waals surface area contributed by atoms with Crippen LogP contribution in [0.5, 0.6) is 0 Å². The lowest BCUT2D eigenvalue weighted by Crippen LogP contribution is -2.02. The van der Waals surface area contributed by atoms with Gasteiger partial charge in [-0.3, -0.25) is 14.8 Å². The van der Waals surface area contributed by atoms with E-state index >= 15 is 0 Å². The Balaban J connectivity index is 2.19. The molecule has 17 heavy (non-hydrogen) atoms. The van der Waals surface area contributed by atoms with Crippen LogP contribution >= 0.6 is 31.9 Å². The molecule has 0 saturated heterocycles.